The van der Waals surface area contributed by atoms with Crippen LogP contribution in [-0.4, -0.2) is 26.3 Å². The van der Waals surface area contributed by atoms with Crippen LogP contribution < -0.4 is 9.83 Å². The van der Waals surface area contributed by atoms with Crippen LogP contribution in [0.3, 0.4) is 0 Å². The first kappa shape index (κ1) is 11.6. The zero-order valence-corrected chi connectivity index (χ0v) is 9.69. The van der Waals surface area contributed by atoms with Crippen LogP contribution in [0.4, 0.5) is 0 Å². The lowest BCUT2D eigenvalue weighted by atomic mass is 10.2. The second-order valence-corrected chi connectivity index (χ2v) is 5.23. The first-order valence-corrected chi connectivity index (χ1v) is 6.31. The van der Waals surface area contributed by atoms with E-state index in [0.717, 1.165) is 0 Å². The average Bonchev–Trinajstić information content (AvgIpc) is 2.51. The molecule has 1 heterocycles. The van der Waals surface area contributed by atoms with Gasteiger partial charge >= 0.3 is 0 Å². The number of carboxylic acids is 1. The van der Waals surface area contributed by atoms with Gasteiger partial charge in [-0.05, 0) is 19.1 Å². The molecule has 7 heteroatoms. The fourth-order valence-electron chi connectivity index (χ4n) is 1.48. The number of sulfonamides is 1. The van der Waals surface area contributed by atoms with Crippen molar-refractivity contribution >= 4 is 21.8 Å². The molecule has 6 nitrogen and oxygen atoms in total. The normalized spacial score (nSPS) is 20.6. The summed E-state index contributed by atoms with van der Waals surface area (Å²) in [6.45, 7) is 1.32. The minimum atomic E-state index is -3.62. The molecule has 0 saturated carbocycles. The number of fused-ring (bicyclic) bond motifs is 1. The molecule has 1 aliphatic heterocycles. The summed E-state index contributed by atoms with van der Waals surface area (Å²) >= 11 is 0. The van der Waals surface area contributed by atoms with Gasteiger partial charge in [0.1, 0.15) is 5.84 Å². The summed E-state index contributed by atoms with van der Waals surface area (Å²) in [7, 11) is -3.62. The number of amidine groups is 1. The lowest BCUT2D eigenvalue weighted by molar-refractivity contribution is -0.306. The van der Waals surface area contributed by atoms with E-state index in [4.69, 9.17) is 0 Å². The Hall–Kier alpha value is -1.89. The highest BCUT2D eigenvalue weighted by atomic mass is 32.2. The van der Waals surface area contributed by atoms with Gasteiger partial charge in [-0.1, -0.05) is 12.1 Å². The van der Waals surface area contributed by atoms with Gasteiger partial charge in [0.05, 0.1) is 16.9 Å². The molecule has 0 unspecified atom stereocenters. The Morgan fingerprint density at radius 3 is 2.71 bits per heavy atom. The average molecular weight is 253 g/mol. The first-order chi connectivity index (χ1) is 7.92. The fourth-order valence-corrected chi connectivity index (χ4v) is 2.72. The summed E-state index contributed by atoms with van der Waals surface area (Å²) in [5.41, 5.74) is 0.376. The summed E-state index contributed by atoms with van der Waals surface area (Å²) in [4.78, 5) is 14.4. The van der Waals surface area contributed by atoms with Crippen molar-refractivity contribution in [2.75, 3.05) is 0 Å². The Bertz CT molecular complexity index is 606. The Morgan fingerprint density at radius 1 is 1.41 bits per heavy atom. The first-order valence-electron chi connectivity index (χ1n) is 4.83. The van der Waals surface area contributed by atoms with Gasteiger partial charge in [0.15, 0.2) is 0 Å². The molecule has 17 heavy (non-hydrogen) atoms. The van der Waals surface area contributed by atoms with Crippen molar-refractivity contribution in [1.29, 1.82) is 0 Å². The van der Waals surface area contributed by atoms with E-state index in [1.165, 1.54) is 13.0 Å². The van der Waals surface area contributed by atoms with Crippen molar-refractivity contribution in [2.45, 2.75) is 17.9 Å². The maximum Gasteiger partial charge on any atom is 0.263 e. The molecular formula is C10H9N2O4S-. The molecule has 1 aromatic carbocycles. The Balaban J connectivity index is 2.53. The molecule has 0 saturated heterocycles. The third-order valence-electron chi connectivity index (χ3n) is 2.33. The molecule has 0 aromatic heterocycles. The molecule has 0 amide bonds. The van der Waals surface area contributed by atoms with Crippen LogP contribution in [0.25, 0.3) is 0 Å². The molecule has 0 spiro atoms. The van der Waals surface area contributed by atoms with Crippen LogP contribution in [-0.2, 0) is 14.8 Å². The standard InChI is InChI=1S/C10H10N2O4S/c1-6(10(13)14)11-9-7-4-2-3-5-8(7)17(15,16)12-9/h2-6H,1H3,(H,11,12)(H,13,14)/p-1/t6-/m0/s1. The molecule has 1 aromatic rings. The lowest BCUT2D eigenvalue weighted by Gasteiger charge is -2.08. The number of nitrogens with zero attached hydrogens (tertiary/aromatic N) is 1. The molecule has 1 atom stereocenters. The summed E-state index contributed by atoms with van der Waals surface area (Å²) < 4.78 is 25.5. The van der Waals surface area contributed by atoms with Gasteiger partial charge in [0, 0.05) is 5.56 Å². The van der Waals surface area contributed by atoms with Gasteiger partial charge in [0.2, 0.25) is 0 Å². The third kappa shape index (κ3) is 2.01. The maximum absolute atomic E-state index is 11.7. The Kier molecular flexibility index (Phi) is 2.62. The highest BCUT2D eigenvalue weighted by Gasteiger charge is 2.30. The zero-order valence-electron chi connectivity index (χ0n) is 8.88. The van der Waals surface area contributed by atoms with Crippen molar-refractivity contribution in [1.82, 2.24) is 4.72 Å². The number of hydrogen-bond acceptors (Lipinski definition) is 5. The molecule has 90 valence electrons. The quantitative estimate of drug-likeness (QED) is 0.720. The fraction of sp³-hybridized carbons (Fsp3) is 0.200. The van der Waals surface area contributed by atoms with E-state index in [1.54, 1.807) is 18.2 Å². The van der Waals surface area contributed by atoms with Crippen LogP contribution >= 0.6 is 0 Å². The van der Waals surface area contributed by atoms with E-state index >= 15 is 0 Å². The highest BCUT2D eigenvalue weighted by Crippen LogP contribution is 2.22. The maximum atomic E-state index is 11.7. The van der Waals surface area contributed by atoms with Gasteiger partial charge in [-0.2, -0.15) is 0 Å². The number of aliphatic carboxylic acids is 1. The summed E-state index contributed by atoms with van der Waals surface area (Å²) in [6, 6.07) is 5.13. The van der Waals surface area contributed by atoms with Crippen molar-refractivity contribution in [3.05, 3.63) is 29.8 Å². The van der Waals surface area contributed by atoms with E-state index < -0.39 is 22.0 Å². The minimum Gasteiger partial charge on any atom is -0.548 e. The largest absolute Gasteiger partial charge is 0.548 e. The second kappa shape index (κ2) is 3.85. The number of aliphatic imine (C=N–C) groups is 1. The molecule has 0 aliphatic carbocycles. The van der Waals surface area contributed by atoms with Crippen LogP contribution in [0.1, 0.15) is 12.5 Å². The molecule has 0 radical (unpaired) electrons. The monoisotopic (exact) mass is 253 g/mol. The molecule has 0 bridgehead atoms. The van der Waals surface area contributed by atoms with Crippen LogP contribution in [0.2, 0.25) is 0 Å². The zero-order chi connectivity index (χ0) is 12.6. The van der Waals surface area contributed by atoms with Gasteiger partial charge < -0.3 is 9.90 Å². The minimum absolute atomic E-state index is 0.0392. The highest BCUT2D eigenvalue weighted by molar-refractivity contribution is 7.90. The molecular weight excluding hydrogens is 244 g/mol. The van der Waals surface area contributed by atoms with Crippen LogP contribution in [0.15, 0.2) is 34.2 Å². The Labute approximate surface area is 98.0 Å². The van der Waals surface area contributed by atoms with Crippen LogP contribution in [0, 0.1) is 0 Å². The number of benzene rings is 1. The van der Waals surface area contributed by atoms with E-state index in [1.807, 2.05) is 0 Å². The third-order valence-corrected chi connectivity index (χ3v) is 3.72. The SMILES string of the molecule is C[C@H](N=C1NS(=O)(=O)c2ccccc21)C(=O)[O-]. The topological polar surface area (TPSA) is 98.7 Å². The number of carbonyl (C=O) groups is 1. The lowest BCUT2D eigenvalue weighted by Crippen LogP contribution is -2.34. The molecule has 2 rings (SSSR count). The summed E-state index contributed by atoms with van der Waals surface area (Å²) in [5, 5.41) is 10.6. The van der Waals surface area contributed by atoms with Gasteiger partial charge in [-0.25, -0.2) is 8.42 Å². The van der Waals surface area contributed by atoms with E-state index in [9.17, 15) is 18.3 Å². The van der Waals surface area contributed by atoms with Crippen molar-refractivity contribution in [2.24, 2.45) is 4.99 Å². The second-order valence-electron chi connectivity index (χ2n) is 3.57. The molecule has 1 N–H and O–H groups in total. The number of carbonyl (C=O) groups excluding carboxylic acids is 1. The Morgan fingerprint density at radius 2 is 2.06 bits per heavy atom. The number of nitrogens with one attached hydrogen (secondary N) is 1. The van der Waals surface area contributed by atoms with Crippen LogP contribution in [0.5, 0.6) is 0 Å². The smallest absolute Gasteiger partial charge is 0.263 e. The predicted octanol–water partition coefficient (Wildman–Crippen LogP) is -1.14. The van der Waals surface area contributed by atoms with E-state index in [-0.39, 0.29) is 10.7 Å². The van der Waals surface area contributed by atoms with Gasteiger partial charge in [-0.3, -0.25) is 9.71 Å². The van der Waals surface area contributed by atoms with Gasteiger partial charge in [0.25, 0.3) is 10.0 Å². The van der Waals surface area contributed by atoms with Gasteiger partial charge in [-0.15, -0.1) is 0 Å². The van der Waals surface area contributed by atoms with Crippen molar-refractivity contribution in [3.8, 4) is 0 Å². The summed E-state index contributed by atoms with van der Waals surface area (Å²) in [5.74, 6) is -1.32. The number of hydrogen-bond donors (Lipinski definition) is 1. The summed E-state index contributed by atoms with van der Waals surface area (Å²) in [6.07, 6.45) is 0. The van der Waals surface area contributed by atoms with E-state index in [0.29, 0.717) is 5.56 Å². The molecule has 0 fully saturated rings. The number of rotatable bonds is 2. The van der Waals surface area contributed by atoms with Crippen molar-refractivity contribution < 1.29 is 18.3 Å². The van der Waals surface area contributed by atoms with Crippen molar-refractivity contribution in [3.63, 3.8) is 0 Å². The predicted molar refractivity (Wildman–Crippen MR) is 57.8 cm³/mol. The molecule has 1 aliphatic rings. The number of carboxylic acid groups (broad SMARTS) is 1. The van der Waals surface area contributed by atoms with E-state index in [2.05, 4.69) is 9.71 Å².